The highest BCUT2D eigenvalue weighted by atomic mass is 16.2. The van der Waals surface area contributed by atoms with Crippen molar-refractivity contribution in [1.29, 1.82) is 0 Å². The first-order valence-electron chi connectivity index (χ1n) is 10.1. The number of hydrogen-bond acceptors (Lipinski definition) is 4. The molecule has 28 heavy (non-hydrogen) atoms. The molecule has 0 unspecified atom stereocenters. The van der Waals surface area contributed by atoms with Gasteiger partial charge in [0.1, 0.15) is 0 Å². The summed E-state index contributed by atoms with van der Waals surface area (Å²) >= 11 is 0. The summed E-state index contributed by atoms with van der Waals surface area (Å²) in [5.74, 6) is 1.27. The Morgan fingerprint density at radius 3 is 2.79 bits per heavy atom. The van der Waals surface area contributed by atoms with E-state index in [9.17, 15) is 9.59 Å². The number of rotatable bonds is 3. The van der Waals surface area contributed by atoms with Crippen LogP contribution in [0.3, 0.4) is 0 Å². The quantitative estimate of drug-likeness (QED) is 0.888. The molecule has 6 heteroatoms. The molecular formula is C22H28N4O2. The second kappa shape index (κ2) is 7.41. The summed E-state index contributed by atoms with van der Waals surface area (Å²) in [6.45, 7) is 8.72. The minimum Gasteiger partial charge on any atom is -0.342 e. The smallest absolute Gasteiger partial charge is 0.252 e. The number of nitrogens with one attached hydrogen (secondary N) is 1. The van der Waals surface area contributed by atoms with Crippen LogP contribution in [-0.4, -0.2) is 35.5 Å². The van der Waals surface area contributed by atoms with Crippen LogP contribution in [0.2, 0.25) is 0 Å². The molecule has 0 saturated carbocycles. The molecule has 1 amide bonds. The fraction of sp³-hybridized carbons (Fsp3) is 0.500. The number of aromatic amines is 1. The Labute approximate surface area is 165 Å². The molecule has 2 saturated heterocycles. The van der Waals surface area contributed by atoms with Gasteiger partial charge in [-0.05, 0) is 49.8 Å². The number of piperidine rings is 1. The molecule has 2 aliphatic heterocycles. The summed E-state index contributed by atoms with van der Waals surface area (Å²) in [5.41, 5.74) is 3.83. The summed E-state index contributed by atoms with van der Waals surface area (Å²) < 4.78 is 0. The van der Waals surface area contributed by atoms with Gasteiger partial charge in [0.05, 0.1) is 5.69 Å². The van der Waals surface area contributed by atoms with Crippen LogP contribution in [0, 0.1) is 19.8 Å². The SMILES string of the molecule is Cc1cccc(N2C[C@H](c3cc(=O)[nH]c(N4CCC[C@H](C)C4)n3)CC2=O)c1C. The molecule has 0 aliphatic carbocycles. The number of hydrogen-bond donors (Lipinski definition) is 1. The molecule has 2 atom stereocenters. The summed E-state index contributed by atoms with van der Waals surface area (Å²) in [5, 5.41) is 0. The lowest BCUT2D eigenvalue weighted by molar-refractivity contribution is -0.117. The predicted octanol–water partition coefficient (Wildman–Crippen LogP) is 3.14. The molecular weight excluding hydrogens is 352 g/mol. The molecule has 6 nitrogen and oxygen atoms in total. The van der Waals surface area contributed by atoms with E-state index in [0.29, 0.717) is 24.8 Å². The Bertz CT molecular complexity index is 952. The lowest BCUT2D eigenvalue weighted by Crippen LogP contribution is -2.36. The van der Waals surface area contributed by atoms with Crippen molar-refractivity contribution < 1.29 is 4.79 Å². The van der Waals surface area contributed by atoms with Crippen molar-refractivity contribution in [1.82, 2.24) is 9.97 Å². The van der Waals surface area contributed by atoms with Crippen LogP contribution in [0.15, 0.2) is 29.1 Å². The standard InChI is InChI=1S/C22H28N4O2/c1-14-6-5-9-25(12-14)22-23-18(11-20(27)24-22)17-10-21(28)26(13-17)19-8-4-7-15(2)16(19)3/h4,7-8,11,14,17H,5-6,9-10,12-13H2,1-3H3,(H,23,24,27)/t14-,17+/m0/s1. The molecule has 1 N–H and O–H groups in total. The average molecular weight is 380 g/mol. The Kier molecular flexibility index (Phi) is 4.96. The van der Waals surface area contributed by atoms with Crippen LogP contribution < -0.4 is 15.4 Å². The van der Waals surface area contributed by atoms with E-state index in [1.165, 1.54) is 12.0 Å². The van der Waals surface area contributed by atoms with Crippen molar-refractivity contribution in [3.63, 3.8) is 0 Å². The first-order chi connectivity index (χ1) is 13.4. The van der Waals surface area contributed by atoms with E-state index in [-0.39, 0.29) is 17.4 Å². The Morgan fingerprint density at radius 2 is 2.00 bits per heavy atom. The number of aromatic nitrogens is 2. The maximum atomic E-state index is 12.7. The number of nitrogens with zero attached hydrogens (tertiary/aromatic N) is 3. The van der Waals surface area contributed by atoms with Crippen LogP contribution in [0.1, 0.15) is 48.9 Å². The van der Waals surface area contributed by atoms with Gasteiger partial charge in [-0.15, -0.1) is 0 Å². The molecule has 148 valence electrons. The highest BCUT2D eigenvalue weighted by Gasteiger charge is 2.34. The zero-order valence-corrected chi connectivity index (χ0v) is 16.9. The largest absolute Gasteiger partial charge is 0.342 e. The lowest BCUT2D eigenvalue weighted by atomic mass is 10.0. The topological polar surface area (TPSA) is 69.3 Å². The normalized spacial score (nSPS) is 22.8. The summed E-state index contributed by atoms with van der Waals surface area (Å²) in [7, 11) is 0. The molecule has 2 aliphatic rings. The van der Waals surface area contributed by atoms with E-state index in [0.717, 1.165) is 36.5 Å². The van der Waals surface area contributed by atoms with E-state index in [4.69, 9.17) is 4.98 Å². The third kappa shape index (κ3) is 3.55. The van der Waals surface area contributed by atoms with Crippen molar-refractivity contribution in [2.45, 2.75) is 46.0 Å². The average Bonchev–Trinajstić information content (AvgIpc) is 3.05. The Morgan fingerprint density at radius 1 is 1.18 bits per heavy atom. The fourth-order valence-corrected chi connectivity index (χ4v) is 4.37. The number of carbonyl (C=O) groups is 1. The first kappa shape index (κ1) is 18.7. The first-order valence-corrected chi connectivity index (χ1v) is 10.1. The van der Waals surface area contributed by atoms with Gasteiger partial charge in [0.25, 0.3) is 5.56 Å². The number of benzene rings is 1. The van der Waals surface area contributed by atoms with Crippen LogP contribution in [0.4, 0.5) is 11.6 Å². The molecule has 2 aromatic rings. The predicted molar refractivity (Wildman–Crippen MR) is 111 cm³/mol. The minimum atomic E-state index is -0.143. The van der Waals surface area contributed by atoms with Crippen LogP contribution >= 0.6 is 0 Å². The van der Waals surface area contributed by atoms with E-state index in [1.54, 1.807) is 6.07 Å². The van der Waals surface area contributed by atoms with Crippen molar-refractivity contribution in [2.75, 3.05) is 29.4 Å². The molecule has 1 aromatic carbocycles. The number of carbonyl (C=O) groups excluding carboxylic acids is 1. The van der Waals surface area contributed by atoms with E-state index >= 15 is 0 Å². The van der Waals surface area contributed by atoms with Gasteiger partial charge in [-0.3, -0.25) is 14.6 Å². The monoisotopic (exact) mass is 380 g/mol. The van der Waals surface area contributed by atoms with Gasteiger partial charge in [0.15, 0.2) is 0 Å². The van der Waals surface area contributed by atoms with Gasteiger partial charge in [-0.1, -0.05) is 19.1 Å². The third-order valence-electron chi connectivity index (χ3n) is 6.12. The zero-order chi connectivity index (χ0) is 19.8. The van der Waals surface area contributed by atoms with E-state index < -0.39 is 0 Å². The Balaban J connectivity index is 1.61. The molecule has 0 bridgehead atoms. The van der Waals surface area contributed by atoms with Crippen LogP contribution in [-0.2, 0) is 4.79 Å². The molecule has 3 heterocycles. The minimum absolute atomic E-state index is 0.0596. The Hall–Kier alpha value is -2.63. The molecule has 1 aromatic heterocycles. The van der Waals surface area contributed by atoms with Gasteiger partial charge >= 0.3 is 0 Å². The van der Waals surface area contributed by atoms with Gasteiger partial charge < -0.3 is 9.80 Å². The number of anilines is 2. The zero-order valence-electron chi connectivity index (χ0n) is 16.9. The van der Waals surface area contributed by atoms with E-state index in [2.05, 4.69) is 29.8 Å². The maximum absolute atomic E-state index is 12.7. The molecule has 0 spiro atoms. The maximum Gasteiger partial charge on any atom is 0.252 e. The second-order valence-electron chi connectivity index (χ2n) is 8.31. The number of amides is 1. The highest BCUT2D eigenvalue weighted by Crippen LogP contribution is 2.33. The molecule has 4 rings (SSSR count). The highest BCUT2D eigenvalue weighted by molar-refractivity contribution is 5.97. The summed E-state index contributed by atoms with van der Waals surface area (Å²) in [6, 6.07) is 7.59. The van der Waals surface area contributed by atoms with Crippen LogP contribution in [0.5, 0.6) is 0 Å². The lowest BCUT2D eigenvalue weighted by Gasteiger charge is -2.31. The van der Waals surface area contributed by atoms with Gasteiger partial charge in [-0.2, -0.15) is 0 Å². The fourth-order valence-electron chi connectivity index (χ4n) is 4.37. The number of aryl methyl sites for hydroxylation is 1. The van der Waals surface area contributed by atoms with E-state index in [1.807, 2.05) is 24.0 Å². The summed E-state index contributed by atoms with van der Waals surface area (Å²) in [6.07, 6.45) is 2.71. The van der Waals surface area contributed by atoms with Gasteiger partial charge in [0, 0.05) is 43.7 Å². The number of H-pyrrole nitrogens is 1. The van der Waals surface area contributed by atoms with Crippen molar-refractivity contribution in [3.05, 3.63) is 51.4 Å². The molecule has 0 radical (unpaired) electrons. The van der Waals surface area contributed by atoms with Crippen molar-refractivity contribution in [2.24, 2.45) is 5.92 Å². The van der Waals surface area contributed by atoms with Crippen molar-refractivity contribution >= 4 is 17.5 Å². The van der Waals surface area contributed by atoms with Crippen LogP contribution in [0.25, 0.3) is 0 Å². The third-order valence-corrected chi connectivity index (χ3v) is 6.12. The second-order valence-corrected chi connectivity index (χ2v) is 8.31. The summed E-state index contributed by atoms with van der Waals surface area (Å²) in [4.78, 5) is 36.7. The van der Waals surface area contributed by atoms with Crippen molar-refractivity contribution in [3.8, 4) is 0 Å². The molecule has 2 fully saturated rings. The van der Waals surface area contributed by atoms with Gasteiger partial charge in [0.2, 0.25) is 11.9 Å². The van der Waals surface area contributed by atoms with Gasteiger partial charge in [-0.25, -0.2) is 4.98 Å².